The fourth-order valence-corrected chi connectivity index (χ4v) is 1.54. The number of carbonyl (C=O) groups excluding carboxylic acids is 1. The Morgan fingerprint density at radius 2 is 2.06 bits per heavy atom. The predicted octanol–water partition coefficient (Wildman–Crippen LogP) is 1.16. The zero-order chi connectivity index (χ0) is 12.1. The maximum Gasteiger partial charge on any atom is 0.242 e. The van der Waals surface area contributed by atoms with Crippen molar-refractivity contribution in [2.24, 2.45) is 5.73 Å². The van der Waals surface area contributed by atoms with E-state index in [4.69, 9.17) is 10.8 Å². The Bertz CT molecular complexity index is 208. The van der Waals surface area contributed by atoms with Crippen molar-refractivity contribution in [2.75, 3.05) is 13.6 Å². The maximum absolute atomic E-state index is 11.9. The number of rotatable bonds is 6. The molecule has 0 saturated carbocycles. The highest BCUT2D eigenvalue weighted by Gasteiger charge is 2.29. The Labute approximate surface area is 105 Å². The molecule has 16 heavy (non-hydrogen) atoms. The Hall–Kier alpha value is -0.320. The minimum atomic E-state index is -0.776. The molecule has 0 bridgehead atoms. The Morgan fingerprint density at radius 3 is 2.44 bits per heavy atom. The van der Waals surface area contributed by atoms with E-state index < -0.39 is 5.54 Å². The zero-order valence-corrected chi connectivity index (χ0v) is 11.5. The molecule has 0 aliphatic carbocycles. The summed E-state index contributed by atoms with van der Waals surface area (Å²) in [5, 5.41) is 9.12. The highest BCUT2D eigenvalue weighted by molar-refractivity contribution is 5.85. The molecule has 1 amide bonds. The standard InChI is InChI=1S/C11H24N2O2.ClH/c1-5-7-11(3,12)10(15)13(4)8-6-9(2)14;/h9,14H,5-8,12H2,1-4H3;1H. The van der Waals surface area contributed by atoms with Gasteiger partial charge in [-0.15, -0.1) is 12.4 Å². The predicted molar refractivity (Wildman–Crippen MR) is 68.7 cm³/mol. The molecule has 98 valence electrons. The maximum atomic E-state index is 11.9. The van der Waals surface area contributed by atoms with E-state index in [0.29, 0.717) is 19.4 Å². The van der Waals surface area contributed by atoms with E-state index in [2.05, 4.69) is 0 Å². The number of nitrogens with two attached hydrogens (primary N) is 1. The molecule has 0 spiro atoms. The van der Waals surface area contributed by atoms with E-state index in [1.807, 2.05) is 6.92 Å². The SMILES string of the molecule is CCCC(C)(N)C(=O)N(C)CCC(C)O.Cl. The molecule has 3 N–H and O–H groups in total. The van der Waals surface area contributed by atoms with Crippen LogP contribution in [0.15, 0.2) is 0 Å². The molecule has 0 aliphatic rings. The van der Waals surface area contributed by atoms with Gasteiger partial charge in [-0.3, -0.25) is 4.79 Å². The summed E-state index contributed by atoms with van der Waals surface area (Å²) >= 11 is 0. The van der Waals surface area contributed by atoms with Crippen molar-refractivity contribution in [3.8, 4) is 0 Å². The van der Waals surface area contributed by atoms with Crippen molar-refractivity contribution < 1.29 is 9.90 Å². The summed E-state index contributed by atoms with van der Waals surface area (Å²) in [7, 11) is 1.73. The lowest BCUT2D eigenvalue weighted by Crippen LogP contribution is -2.52. The van der Waals surface area contributed by atoms with Crippen LogP contribution < -0.4 is 5.73 Å². The van der Waals surface area contributed by atoms with Crippen LogP contribution in [0.25, 0.3) is 0 Å². The van der Waals surface area contributed by atoms with Gasteiger partial charge < -0.3 is 15.7 Å². The van der Waals surface area contributed by atoms with Crippen LogP contribution in [-0.4, -0.2) is 41.1 Å². The van der Waals surface area contributed by atoms with Crippen molar-refractivity contribution in [3.05, 3.63) is 0 Å². The van der Waals surface area contributed by atoms with Gasteiger partial charge in [-0.2, -0.15) is 0 Å². The van der Waals surface area contributed by atoms with Crippen molar-refractivity contribution in [3.63, 3.8) is 0 Å². The van der Waals surface area contributed by atoms with Crippen LogP contribution in [0.4, 0.5) is 0 Å². The molecule has 0 aromatic carbocycles. The van der Waals surface area contributed by atoms with Crippen LogP contribution in [0, 0.1) is 0 Å². The Kier molecular flexibility index (Phi) is 8.88. The molecule has 0 aliphatic heterocycles. The number of halogens is 1. The average Bonchev–Trinajstić information content (AvgIpc) is 2.12. The third-order valence-corrected chi connectivity index (χ3v) is 2.49. The Balaban J connectivity index is 0. The quantitative estimate of drug-likeness (QED) is 0.746. The second-order valence-electron chi connectivity index (χ2n) is 4.53. The van der Waals surface area contributed by atoms with Crippen LogP contribution in [0.2, 0.25) is 0 Å². The van der Waals surface area contributed by atoms with E-state index in [9.17, 15) is 4.79 Å². The van der Waals surface area contributed by atoms with Gasteiger partial charge in [0.05, 0.1) is 11.6 Å². The lowest BCUT2D eigenvalue weighted by Gasteiger charge is -2.29. The first kappa shape index (κ1) is 18.1. The van der Waals surface area contributed by atoms with Crippen molar-refractivity contribution in [1.29, 1.82) is 0 Å². The van der Waals surface area contributed by atoms with Crippen LogP contribution >= 0.6 is 12.4 Å². The molecular weight excluding hydrogens is 228 g/mol. The van der Waals surface area contributed by atoms with Gasteiger partial charge >= 0.3 is 0 Å². The molecule has 2 unspecified atom stereocenters. The van der Waals surface area contributed by atoms with Gasteiger partial charge in [0.15, 0.2) is 0 Å². The minimum Gasteiger partial charge on any atom is -0.393 e. The van der Waals surface area contributed by atoms with E-state index >= 15 is 0 Å². The van der Waals surface area contributed by atoms with Gasteiger partial charge in [0.2, 0.25) is 5.91 Å². The summed E-state index contributed by atoms with van der Waals surface area (Å²) in [6, 6.07) is 0. The lowest BCUT2D eigenvalue weighted by molar-refractivity contribution is -0.135. The molecule has 5 heteroatoms. The Morgan fingerprint density at radius 1 is 1.56 bits per heavy atom. The van der Waals surface area contributed by atoms with Crippen molar-refractivity contribution >= 4 is 18.3 Å². The summed E-state index contributed by atoms with van der Waals surface area (Å²) < 4.78 is 0. The molecule has 2 atom stereocenters. The molecule has 0 radical (unpaired) electrons. The number of aliphatic hydroxyl groups is 1. The van der Waals surface area contributed by atoms with Crippen LogP contribution in [0.3, 0.4) is 0 Å². The number of nitrogens with zero attached hydrogens (tertiary/aromatic N) is 1. The zero-order valence-electron chi connectivity index (χ0n) is 10.7. The number of carbonyl (C=O) groups is 1. The second kappa shape index (κ2) is 7.87. The molecule has 0 saturated heterocycles. The highest BCUT2D eigenvalue weighted by atomic mass is 35.5. The summed E-state index contributed by atoms with van der Waals surface area (Å²) in [4.78, 5) is 13.5. The van der Waals surface area contributed by atoms with Crippen LogP contribution in [-0.2, 0) is 4.79 Å². The van der Waals surface area contributed by atoms with Crippen molar-refractivity contribution in [2.45, 2.75) is 51.7 Å². The topological polar surface area (TPSA) is 66.6 Å². The lowest BCUT2D eigenvalue weighted by atomic mass is 9.96. The first-order valence-electron chi connectivity index (χ1n) is 5.53. The third-order valence-electron chi connectivity index (χ3n) is 2.49. The summed E-state index contributed by atoms with van der Waals surface area (Å²) in [6.45, 7) is 6.03. The van der Waals surface area contributed by atoms with E-state index in [1.165, 1.54) is 0 Å². The fourth-order valence-electron chi connectivity index (χ4n) is 1.54. The molecule has 0 aromatic heterocycles. The van der Waals surface area contributed by atoms with Crippen molar-refractivity contribution in [1.82, 2.24) is 4.90 Å². The minimum absolute atomic E-state index is 0. The molecular formula is C11H25ClN2O2. The molecule has 0 rings (SSSR count). The number of hydrogen-bond donors (Lipinski definition) is 2. The first-order valence-corrected chi connectivity index (χ1v) is 5.53. The smallest absolute Gasteiger partial charge is 0.242 e. The summed E-state index contributed by atoms with van der Waals surface area (Å²) in [5.41, 5.74) is 5.15. The number of aliphatic hydroxyl groups excluding tert-OH is 1. The van der Waals surface area contributed by atoms with Gasteiger partial charge in [0.25, 0.3) is 0 Å². The second-order valence-corrected chi connectivity index (χ2v) is 4.53. The molecule has 0 fully saturated rings. The van der Waals surface area contributed by atoms with E-state index in [-0.39, 0.29) is 24.4 Å². The highest BCUT2D eigenvalue weighted by Crippen LogP contribution is 2.12. The number of likely N-dealkylation sites (N-methyl/N-ethyl adjacent to an activating group) is 1. The van der Waals surface area contributed by atoms with Gasteiger partial charge in [0, 0.05) is 13.6 Å². The fraction of sp³-hybridized carbons (Fsp3) is 0.909. The van der Waals surface area contributed by atoms with Gasteiger partial charge in [-0.25, -0.2) is 0 Å². The van der Waals surface area contributed by atoms with Crippen LogP contribution in [0.1, 0.15) is 40.0 Å². The first-order chi connectivity index (χ1) is 6.81. The normalized spacial score (nSPS) is 15.9. The molecule has 4 nitrogen and oxygen atoms in total. The molecule has 0 heterocycles. The molecule has 0 aromatic rings. The van der Waals surface area contributed by atoms with Gasteiger partial charge in [-0.05, 0) is 26.7 Å². The monoisotopic (exact) mass is 252 g/mol. The summed E-state index contributed by atoms with van der Waals surface area (Å²) in [5.74, 6) is -0.0509. The van der Waals surface area contributed by atoms with Gasteiger partial charge in [0.1, 0.15) is 0 Å². The van der Waals surface area contributed by atoms with Gasteiger partial charge in [-0.1, -0.05) is 13.3 Å². The van der Waals surface area contributed by atoms with E-state index in [0.717, 1.165) is 6.42 Å². The average molecular weight is 253 g/mol. The number of hydrogen-bond acceptors (Lipinski definition) is 3. The third kappa shape index (κ3) is 6.30. The number of amides is 1. The van der Waals surface area contributed by atoms with E-state index in [1.54, 1.807) is 25.8 Å². The largest absolute Gasteiger partial charge is 0.393 e. The van der Waals surface area contributed by atoms with Crippen LogP contribution in [0.5, 0.6) is 0 Å². The summed E-state index contributed by atoms with van der Waals surface area (Å²) in [6.07, 6.45) is 1.79.